The van der Waals surface area contributed by atoms with Crippen molar-refractivity contribution in [2.24, 2.45) is 0 Å². The van der Waals surface area contributed by atoms with Crippen LogP contribution in [0.15, 0.2) is 18.2 Å². The molecule has 1 saturated carbocycles. The van der Waals surface area contributed by atoms with Crippen molar-refractivity contribution < 1.29 is 14.3 Å². The summed E-state index contributed by atoms with van der Waals surface area (Å²) in [5.41, 5.74) is 2.20. The zero-order chi connectivity index (χ0) is 13.1. The van der Waals surface area contributed by atoms with Crippen LogP contribution in [0.1, 0.15) is 30.9 Å². The summed E-state index contributed by atoms with van der Waals surface area (Å²) in [5, 5.41) is 0. The molecule has 0 amide bonds. The molecule has 3 heteroatoms. The van der Waals surface area contributed by atoms with Crippen LogP contribution in [0.2, 0.25) is 0 Å². The van der Waals surface area contributed by atoms with E-state index in [9.17, 15) is 4.79 Å². The molecule has 0 aliphatic heterocycles. The second-order valence-corrected chi connectivity index (χ2v) is 4.84. The largest absolute Gasteiger partial charge is 0.486 e. The van der Waals surface area contributed by atoms with Gasteiger partial charge in [0.15, 0.2) is 11.9 Å². The van der Waals surface area contributed by atoms with Gasteiger partial charge in [0.05, 0.1) is 0 Å². The fourth-order valence-corrected chi connectivity index (χ4v) is 2.15. The summed E-state index contributed by atoms with van der Waals surface area (Å²) in [4.78, 5) is 11.5. The first-order valence-corrected chi connectivity index (χ1v) is 6.50. The van der Waals surface area contributed by atoms with Gasteiger partial charge >= 0.3 is 0 Å². The Balaban J connectivity index is 2.03. The Morgan fingerprint density at radius 2 is 1.94 bits per heavy atom. The van der Waals surface area contributed by atoms with Crippen LogP contribution in [0.25, 0.3) is 0 Å². The van der Waals surface area contributed by atoms with E-state index >= 15 is 0 Å². The van der Waals surface area contributed by atoms with Crippen LogP contribution in [0, 0.1) is 13.8 Å². The van der Waals surface area contributed by atoms with Crippen molar-refractivity contribution in [1.82, 2.24) is 0 Å². The van der Waals surface area contributed by atoms with Crippen LogP contribution in [0.3, 0.4) is 0 Å². The molecule has 0 heterocycles. The summed E-state index contributed by atoms with van der Waals surface area (Å²) in [6, 6.07) is 6.05. The minimum absolute atomic E-state index is 0.121. The van der Waals surface area contributed by atoms with Gasteiger partial charge in [0.2, 0.25) is 0 Å². The molecule has 0 aromatic heterocycles. The lowest BCUT2D eigenvalue weighted by molar-refractivity contribution is -0.154. The summed E-state index contributed by atoms with van der Waals surface area (Å²) < 4.78 is 11.5. The molecule has 18 heavy (non-hydrogen) atoms. The maximum atomic E-state index is 11.5. The summed E-state index contributed by atoms with van der Waals surface area (Å²) >= 11 is 0. The van der Waals surface area contributed by atoms with E-state index in [1.807, 2.05) is 39.0 Å². The average Bonchev–Trinajstić information content (AvgIpc) is 2.33. The topological polar surface area (TPSA) is 35.5 Å². The molecule has 1 aromatic rings. The second-order valence-electron chi connectivity index (χ2n) is 4.84. The molecule has 0 spiro atoms. The number of para-hydroxylation sites is 1. The summed E-state index contributed by atoms with van der Waals surface area (Å²) in [6.07, 6.45) is 0.884. The standard InChI is InChI=1S/C15H20O3/c1-4-8-17-15-12(16)9-13(15)18-14-10(2)6-5-7-11(14)3/h5-7,13,15H,4,8-9H2,1-3H3. The fraction of sp³-hybridized carbons (Fsp3) is 0.533. The maximum absolute atomic E-state index is 11.5. The highest BCUT2D eigenvalue weighted by Gasteiger charge is 2.42. The molecular formula is C15H20O3. The maximum Gasteiger partial charge on any atom is 0.169 e. The van der Waals surface area contributed by atoms with Gasteiger partial charge in [-0.1, -0.05) is 25.1 Å². The van der Waals surface area contributed by atoms with Gasteiger partial charge in [-0.05, 0) is 31.4 Å². The minimum Gasteiger partial charge on any atom is -0.486 e. The van der Waals surface area contributed by atoms with Crippen LogP contribution in [0.4, 0.5) is 0 Å². The van der Waals surface area contributed by atoms with Gasteiger partial charge in [0.25, 0.3) is 0 Å². The predicted molar refractivity (Wildman–Crippen MR) is 70.0 cm³/mol. The van der Waals surface area contributed by atoms with E-state index in [0.29, 0.717) is 13.0 Å². The van der Waals surface area contributed by atoms with E-state index in [1.165, 1.54) is 0 Å². The monoisotopic (exact) mass is 248 g/mol. The molecular weight excluding hydrogens is 228 g/mol. The second kappa shape index (κ2) is 5.53. The molecule has 2 unspecified atom stereocenters. The molecule has 98 valence electrons. The highest BCUT2D eigenvalue weighted by Crippen LogP contribution is 2.30. The molecule has 1 fully saturated rings. The Morgan fingerprint density at radius 1 is 1.28 bits per heavy atom. The number of rotatable bonds is 5. The third-order valence-electron chi connectivity index (χ3n) is 3.24. The minimum atomic E-state index is -0.371. The first kappa shape index (κ1) is 13.1. The van der Waals surface area contributed by atoms with Crippen LogP contribution in [-0.2, 0) is 9.53 Å². The smallest absolute Gasteiger partial charge is 0.169 e. The van der Waals surface area contributed by atoms with Gasteiger partial charge in [0, 0.05) is 13.0 Å². The van der Waals surface area contributed by atoms with Gasteiger partial charge in [-0.3, -0.25) is 4.79 Å². The number of carbonyl (C=O) groups excluding carboxylic acids is 1. The van der Waals surface area contributed by atoms with Crippen molar-refractivity contribution in [2.45, 2.75) is 45.8 Å². The van der Waals surface area contributed by atoms with Gasteiger partial charge in [-0.2, -0.15) is 0 Å². The van der Waals surface area contributed by atoms with Crippen molar-refractivity contribution in [2.75, 3.05) is 6.61 Å². The SMILES string of the molecule is CCCOC1C(=O)CC1Oc1c(C)cccc1C. The Morgan fingerprint density at radius 3 is 2.50 bits per heavy atom. The Labute approximate surface area is 108 Å². The molecule has 0 saturated heterocycles. The third kappa shape index (κ3) is 2.56. The lowest BCUT2D eigenvalue weighted by atomic mass is 9.89. The summed E-state index contributed by atoms with van der Waals surface area (Å²) in [5.74, 6) is 1.04. The number of hydrogen-bond acceptors (Lipinski definition) is 3. The highest BCUT2D eigenvalue weighted by atomic mass is 16.5. The predicted octanol–water partition coefficient (Wildman–Crippen LogP) is 2.82. The normalized spacial score (nSPS) is 22.7. The van der Waals surface area contributed by atoms with Gasteiger partial charge in [-0.25, -0.2) is 0 Å². The molecule has 3 nitrogen and oxygen atoms in total. The zero-order valence-corrected chi connectivity index (χ0v) is 11.2. The van der Waals surface area contributed by atoms with Crippen molar-refractivity contribution in [3.05, 3.63) is 29.3 Å². The molecule has 2 atom stereocenters. The van der Waals surface area contributed by atoms with Crippen molar-refractivity contribution in [1.29, 1.82) is 0 Å². The Kier molecular flexibility index (Phi) is 4.02. The Bertz CT molecular complexity index is 419. The molecule has 1 aliphatic rings. The van der Waals surface area contributed by atoms with Gasteiger partial charge < -0.3 is 9.47 Å². The lowest BCUT2D eigenvalue weighted by Gasteiger charge is -2.35. The summed E-state index contributed by atoms with van der Waals surface area (Å²) in [7, 11) is 0. The molecule has 1 aliphatic carbocycles. The number of aryl methyl sites for hydroxylation is 2. The zero-order valence-electron chi connectivity index (χ0n) is 11.2. The van der Waals surface area contributed by atoms with Crippen LogP contribution < -0.4 is 4.74 Å². The molecule has 0 N–H and O–H groups in total. The highest BCUT2D eigenvalue weighted by molar-refractivity contribution is 5.90. The fourth-order valence-electron chi connectivity index (χ4n) is 2.15. The summed E-state index contributed by atoms with van der Waals surface area (Å²) in [6.45, 7) is 6.68. The van der Waals surface area contributed by atoms with Crippen molar-refractivity contribution in [3.63, 3.8) is 0 Å². The van der Waals surface area contributed by atoms with Gasteiger partial charge in [0.1, 0.15) is 11.9 Å². The molecule has 1 aromatic carbocycles. The first-order chi connectivity index (χ1) is 8.63. The lowest BCUT2D eigenvalue weighted by Crippen LogP contribution is -2.52. The third-order valence-corrected chi connectivity index (χ3v) is 3.24. The van der Waals surface area contributed by atoms with Crippen LogP contribution in [-0.4, -0.2) is 24.6 Å². The molecule has 2 rings (SSSR count). The number of Topliss-reactive ketones (excluding diaryl/α,β-unsaturated/α-hetero) is 1. The van der Waals surface area contributed by atoms with Crippen LogP contribution >= 0.6 is 0 Å². The van der Waals surface area contributed by atoms with Crippen molar-refractivity contribution in [3.8, 4) is 5.75 Å². The number of ether oxygens (including phenoxy) is 2. The quantitative estimate of drug-likeness (QED) is 0.803. The average molecular weight is 248 g/mol. The number of hydrogen-bond donors (Lipinski definition) is 0. The van der Waals surface area contributed by atoms with E-state index < -0.39 is 0 Å². The van der Waals surface area contributed by atoms with E-state index in [4.69, 9.17) is 9.47 Å². The molecule has 0 bridgehead atoms. The van der Waals surface area contributed by atoms with E-state index in [0.717, 1.165) is 23.3 Å². The van der Waals surface area contributed by atoms with Crippen molar-refractivity contribution >= 4 is 5.78 Å². The van der Waals surface area contributed by atoms with E-state index in [2.05, 4.69) is 0 Å². The number of ketones is 1. The molecule has 0 radical (unpaired) electrons. The van der Waals surface area contributed by atoms with Gasteiger partial charge in [-0.15, -0.1) is 0 Å². The Hall–Kier alpha value is -1.35. The first-order valence-electron chi connectivity index (χ1n) is 6.50. The van der Waals surface area contributed by atoms with Crippen LogP contribution in [0.5, 0.6) is 5.75 Å². The van der Waals surface area contributed by atoms with E-state index in [1.54, 1.807) is 0 Å². The van der Waals surface area contributed by atoms with E-state index in [-0.39, 0.29) is 18.0 Å². The number of carbonyl (C=O) groups is 1. The number of benzene rings is 1.